The minimum atomic E-state index is -0.515. The third-order valence-corrected chi connectivity index (χ3v) is 6.13. The summed E-state index contributed by atoms with van der Waals surface area (Å²) < 4.78 is 5.44. The van der Waals surface area contributed by atoms with E-state index in [1.807, 2.05) is 66.7 Å². The number of ether oxygens (including phenoxy) is 1. The van der Waals surface area contributed by atoms with Crippen LogP contribution in [0.5, 0.6) is 5.75 Å². The zero-order valence-corrected chi connectivity index (χ0v) is 19.3. The van der Waals surface area contributed by atoms with Crippen molar-refractivity contribution >= 4 is 28.6 Å². The van der Waals surface area contributed by atoms with Crippen LogP contribution in [-0.4, -0.2) is 41.3 Å². The topological polar surface area (TPSA) is 104 Å². The number of benzene rings is 3. The highest BCUT2D eigenvalue weighted by Crippen LogP contribution is 2.45. The Morgan fingerprint density at radius 3 is 2.57 bits per heavy atom. The van der Waals surface area contributed by atoms with Gasteiger partial charge < -0.3 is 14.6 Å². The molecule has 4 aromatic rings. The van der Waals surface area contributed by atoms with Crippen LogP contribution in [0.25, 0.3) is 22.2 Å². The minimum absolute atomic E-state index is 0.227. The molecule has 0 spiro atoms. The lowest BCUT2D eigenvalue weighted by atomic mass is 9.93. The number of aromatic amines is 1. The van der Waals surface area contributed by atoms with Gasteiger partial charge in [0.05, 0.1) is 18.8 Å². The van der Waals surface area contributed by atoms with E-state index >= 15 is 0 Å². The maximum atomic E-state index is 13.5. The summed E-state index contributed by atoms with van der Waals surface area (Å²) in [4.78, 5) is 42.5. The Labute approximate surface area is 201 Å². The van der Waals surface area contributed by atoms with Crippen LogP contribution in [0.3, 0.4) is 0 Å². The van der Waals surface area contributed by atoms with Crippen LogP contribution in [0.2, 0.25) is 0 Å². The van der Waals surface area contributed by atoms with Gasteiger partial charge in [0.2, 0.25) is 5.91 Å². The van der Waals surface area contributed by atoms with Crippen LogP contribution in [0, 0.1) is 0 Å². The van der Waals surface area contributed by atoms with E-state index in [0.717, 1.165) is 33.3 Å². The normalized spacial score (nSPS) is 14.6. The molecule has 2 heterocycles. The van der Waals surface area contributed by atoms with Crippen molar-refractivity contribution in [3.05, 3.63) is 89.5 Å². The summed E-state index contributed by atoms with van der Waals surface area (Å²) in [6.45, 7) is 1.07. The molecule has 176 valence electrons. The highest BCUT2D eigenvalue weighted by molar-refractivity contribution is 6.03. The zero-order valence-electron chi connectivity index (χ0n) is 19.3. The average molecular weight is 469 g/mol. The molecule has 0 aliphatic carbocycles. The fraction of sp³-hybridized carbons (Fsp3) is 0.148. The van der Waals surface area contributed by atoms with E-state index in [9.17, 15) is 14.4 Å². The highest BCUT2D eigenvalue weighted by Gasteiger charge is 2.41. The van der Waals surface area contributed by atoms with Gasteiger partial charge in [0.1, 0.15) is 12.3 Å². The number of nitrogens with zero attached hydrogens (tertiary/aromatic N) is 1. The Morgan fingerprint density at radius 1 is 1.00 bits per heavy atom. The second-order valence-electron chi connectivity index (χ2n) is 8.34. The van der Waals surface area contributed by atoms with Crippen molar-refractivity contribution < 1.29 is 19.1 Å². The van der Waals surface area contributed by atoms with Gasteiger partial charge in [-0.05, 0) is 29.8 Å². The number of methoxy groups -OCH3 is 1. The molecular weight excluding hydrogens is 444 g/mol. The average Bonchev–Trinajstić information content (AvgIpc) is 3.38. The number of fused-ring (bicyclic) bond motifs is 2. The molecule has 3 aromatic carbocycles. The van der Waals surface area contributed by atoms with Crippen molar-refractivity contribution in [1.82, 2.24) is 20.7 Å². The second kappa shape index (κ2) is 8.98. The summed E-state index contributed by atoms with van der Waals surface area (Å²) in [6.07, 6.45) is 0. The lowest BCUT2D eigenvalue weighted by molar-refractivity contribution is -0.128. The Morgan fingerprint density at radius 2 is 1.77 bits per heavy atom. The second-order valence-corrected chi connectivity index (χ2v) is 8.34. The van der Waals surface area contributed by atoms with Crippen molar-refractivity contribution in [3.63, 3.8) is 0 Å². The van der Waals surface area contributed by atoms with Gasteiger partial charge in [0.25, 0.3) is 11.8 Å². The van der Waals surface area contributed by atoms with Crippen LogP contribution in [0.1, 0.15) is 34.5 Å². The molecule has 1 aliphatic heterocycles. The van der Waals surface area contributed by atoms with E-state index in [-0.39, 0.29) is 12.5 Å². The molecule has 5 rings (SSSR count). The van der Waals surface area contributed by atoms with Crippen molar-refractivity contribution in [2.75, 3.05) is 13.7 Å². The number of aromatic nitrogens is 1. The Bertz CT molecular complexity index is 1460. The Hall–Kier alpha value is -4.59. The van der Waals surface area contributed by atoms with E-state index < -0.39 is 17.9 Å². The van der Waals surface area contributed by atoms with E-state index in [1.54, 1.807) is 18.1 Å². The predicted octanol–water partition coefficient (Wildman–Crippen LogP) is 3.56. The van der Waals surface area contributed by atoms with Crippen molar-refractivity contribution in [1.29, 1.82) is 0 Å². The number of carbonyl (C=O) groups is 3. The monoisotopic (exact) mass is 468 g/mol. The van der Waals surface area contributed by atoms with Crippen LogP contribution in [-0.2, 0) is 9.59 Å². The summed E-state index contributed by atoms with van der Waals surface area (Å²) >= 11 is 0. The van der Waals surface area contributed by atoms with Gasteiger partial charge in [-0.3, -0.25) is 25.2 Å². The number of hydrogen-bond donors (Lipinski definition) is 3. The molecule has 1 unspecified atom stereocenters. The molecule has 1 aromatic heterocycles. The highest BCUT2D eigenvalue weighted by atomic mass is 16.5. The van der Waals surface area contributed by atoms with Crippen LogP contribution < -0.4 is 15.6 Å². The van der Waals surface area contributed by atoms with Crippen molar-refractivity contribution in [2.45, 2.75) is 13.0 Å². The fourth-order valence-electron chi connectivity index (χ4n) is 4.65. The minimum Gasteiger partial charge on any atom is -0.497 e. The number of nitrogens with one attached hydrogen (secondary N) is 3. The van der Waals surface area contributed by atoms with Gasteiger partial charge in [-0.15, -0.1) is 0 Å². The van der Waals surface area contributed by atoms with Gasteiger partial charge in [-0.1, -0.05) is 48.5 Å². The number of para-hydroxylation sites is 1. The van der Waals surface area contributed by atoms with Crippen LogP contribution in [0.15, 0.2) is 72.8 Å². The molecule has 1 atom stereocenters. The molecule has 0 saturated carbocycles. The zero-order chi connectivity index (χ0) is 24.5. The maximum Gasteiger partial charge on any atom is 0.258 e. The Kier molecular flexibility index (Phi) is 5.70. The first-order valence-corrected chi connectivity index (χ1v) is 11.2. The number of H-pyrrole nitrogens is 1. The van der Waals surface area contributed by atoms with E-state index in [2.05, 4.69) is 15.8 Å². The molecule has 0 fully saturated rings. The summed E-state index contributed by atoms with van der Waals surface area (Å²) in [7, 11) is 1.62. The number of rotatable bonds is 5. The maximum absolute atomic E-state index is 13.5. The van der Waals surface area contributed by atoms with Crippen molar-refractivity contribution in [3.8, 4) is 17.0 Å². The van der Waals surface area contributed by atoms with Gasteiger partial charge in [0.15, 0.2) is 0 Å². The molecular formula is C27H24N4O4. The fourth-order valence-corrected chi connectivity index (χ4v) is 4.65. The summed E-state index contributed by atoms with van der Waals surface area (Å²) in [5.41, 5.74) is 9.56. The molecule has 3 N–H and O–H groups in total. The molecule has 0 bridgehead atoms. The van der Waals surface area contributed by atoms with Crippen molar-refractivity contribution in [2.24, 2.45) is 0 Å². The molecule has 3 amide bonds. The first-order chi connectivity index (χ1) is 17.0. The number of hydrazine groups is 1. The largest absolute Gasteiger partial charge is 0.497 e. The quantitative estimate of drug-likeness (QED) is 0.390. The number of carbonyl (C=O) groups excluding carboxylic acids is 3. The van der Waals surface area contributed by atoms with Gasteiger partial charge in [0, 0.05) is 34.5 Å². The third-order valence-electron chi connectivity index (χ3n) is 6.13. The summed E-state index contributed by atoms with van der Waals surface area (Å²) in [5.74, 6) is -0.427. The van der Waals surface area contributed by atoms with Gasteiger partial charge >= 0.3 is 0 Å². The number of amides is 3. The van der Waals surface area contributed by atoms with Gasteiger partial charge in [-0.2, -0.15) is 0 Å². The van der Waals surface area contributed by atoms with E-state index in [4.69, 9.17) is 4.74 Å². The SMILES string of the molecule is COc1cccc(-c2[nH]c3ccccc3c2C2c3ccccc3C(=O)N2CC(=O)NNC(C)=O)c1. The molecule has 0 saturated heterocycles. The summed E-state index contributed by atoms with van der Waals surface area (Å²) in [6, 6.07) is 22.5. The predicted molar refractivity (Wildman–Crippen MR) is 132 cm³/mol. The molecule has 35 heavy (non-hydrogen) atoms. The lowest BCUT2D eigenvalue weighted by Gasteiger charge is -2.26. The molecule has 0 radical (unpaired) electrons. The van der Waals surface area contributed by atoms with E-state index in [0.29, 0.717) is 11.3 Å². The number of hydrogen-bond acceptors (Lipinski definition) is 4. The standard InChI is InChI=1S/C27H24N4O4/c1-16(32)29-30-23(33)15-31-26(19-10-3-4-11-20(19)27(31)34)24-21-12-5-6-13-22(21)28-25(24)17-8-7-9-18(14-17)35-2/h3-14,26,28H,15H2,1-2H3,(H,29,32)(H,30,33). The van der Waals surface area contributed by atoms with E-state index in [1.165, 1.54) is 6.92 Å². The molecule has 1 aliphatic rings. The Balaban J connectivity index is 1.69. The van der Waals surface area contributed by atoms with Crippen LogP contribution in [0.4, 0.5) is 0 Å². The van der Waals surface area contributed by atoms with Crippen LogP contribution >= 0.6 is 0 Å². The first-order valence-electron chi connectivity index (χ1n) is 11.2. The summed E-state index contributed by atoms with van der Waals surface area (Å²) in [5, 5.41) is 0.951. The third kappa shape index (κ3) is 3.99. The molecule has 8 nitrogen and oxygen atoms in total. The smallest absolute Gasteiger partial charge is 0.258 e. The molecule has 8 heteroatoms. The van der Waals surface area contributed by atoms with Gasteiger partial charge in [-0.25, -0.2) is 0 Å². The lowest BCUT2D eigenvalue weighted by Crippen LogP contribution is -2.46. The first kappa shape index (κ1) is 22.2.